The second kappa shape index (κ2) is 7.27. The van der Waals surface area contributed by atoms with Crippen LogP contribution in [-0.2, 0) is 5.75 Å². The molecule has 2 aromatic heterocycles. The minimum absolute atomic E-state index is 0.252. The molecule has 0 fully saturated rings. The molecule has 2 heterocycles. The Morgan fingerprint density at radius 1 is 1.00 bits per heavy atom. The van der Waals surface area contributed by atoms with E-state index in [9.17, 15) is 4.39 Å². The van der Waals surface area contributed by atoms with E-state index in [2.05, 4.69) is 15.2 Å². The predicted molar refractivity (Wildman–Crippen MR) is 103 cm³/mol. The molecule has 0 spiro atoms. The van der Waals surface area contributed by atoms with Crippen LogP contribution in [-0.4, -0.2) is 19.9 Å². The van der Waals surface area contributed by atoms with Crippen LogP contribution in [0.2, 0.25) is 0 Å². The van der Waals surface area contributed by atoms with Gasteiger partial charge in [0.2, 0.25) is 5.16 Å². The molecule has 2 N–H and O–H groups in total. The highest BCUT2D eigenvalue weighted by atomic mass is 32.2. The van der Waals surface area contributed by atoms with Crippen molar-refractivity contribution in [3.8, 4) is 22.0 Å². The lowest BCUT2D eigenvalue weighted by Gasteiger charge is -2.02. The van der Waals surface area contributed by atoms with Crippen molar-refractivity contribution in [1.82, 2.24) is 19.9 Å². The number of aromatic nitrogens is 4. The molecule has 5 nitrogen and oxygen atoms in total. The lowest BCUT2D eigenvalue weighted by atomic mass is 10.2. The summed E-state index contributed by atoms with van der Waals surface area (Å²) in [5, 5.41) is 11.8. The van der Waals surface area contributed by atoms with Gasteiger partial charge >= 0.3 is 0 Å². The van der Waals surface area contributed by atoms with Gasteiger partial charge in [-0.2, -0.15) is 0 Å². The van der Waals surface area contributed by atoms with Crippen LogP contribution in [0.3, 0.4) is 0 Å². The molecule has 0 saturated heterocycles. The molecule has 0 amide bonds. The Labute approximate surface area is 157 Å². The monoisotopic (exact) mass is 383 g/mol. The van der Waals surface area contributed by atoms with E-state index in [1.165, 1.54) is 39.9 Å². The minimum atomic E-state index is -0.252. The quantitative estimate of drug-likeness (QED) is 0.413. The molecule has 0 aliphatic rings. The third-order valence-electron chi connectivity index (χ3n) is 3.69. The maximum Gasteiger partial charge on any atom is 0.210 e. The first-order valence-corrected chi connectivity index (χ1v) is 9.66. The minimum Gasteiger partial charge on any atom is -0.335 e. The van der Waals surface area contributed by atoms with Crippen molar-refractivity contribution in [2.45, 2.75) is 10.9 Å². The maximum atomic E-state index is 13.0. The van der Waals surface area contributed by atoms with Crippen molar-refractivity contribution >= 4 is 23.1 Å². The number of thiazole rings is 1. The fourth-order valence-corrected chi connectivity index (χ4v) is 4.08. The first kappa shape index (κ1) is 16.7. The Balaban J connectivity index is 1.47. The highest BCUT2D eigenvalue weighted by Gasteiger charge is 2.13. The molecule has 130 valence electrons. The van der Waals surface area contributed by atoms with Gasteiger partial charge in [-0.15, -0.1) is 21.5 Å². The summed E-state index contributed by atoms with van der Waals surface area (Å²) in [5.41, 5.74) is 2.74. The average Bonchev–Trinajstić information content (AvgIpc) is 3.28. The molecular weight excluding hydrogens is 369 g/mol. The molecular formula is C18H14FN5S2. The summed E-state index contributed by atoms with van der Waals surface area (Å²) in [7, 11) is 0. The SMILES string of the molecule is Nn1c(SCc2csc(-c3ccc(F)cc3)n2)nnc1-c1ccccc1. The highest BCUT2D eigenvalue weighted by molar-refractivity contribution is 7.98. The Morgan fingerprint density at radius 2 is 1.77 bits per heavy atom. The van der Waals surface area contributed by atoms with Gasteiger partial charge in [-0.05, 0) is 24.3 Å². The summed E-state index contributed by atoms with van der Waals surface area (Å²) in [6.07, 6.45) is 0. The van der Waals surface area contributed by atoms with E-state index in [0.29, 0.717) is 16.7 Å². The highest BCUT2D eigenvalue weighted by Crippen LogP contribution is 2.28. The van der Waals surface area contributed by atoms with Crippen LogP contribution < -0.4 is 5.84 Å². The zero-order valence-corrected chi connectivity index (χ0v) is 15.2. The largest absolute Gasteiger partial charge is 0.335 e. The second-order valence-corrected chi connectivity index (χ2v) is 7.28. The fourth-order valence-electron chi connectivity index (χ4n) is 2.40. The molecule has 0 saturated carbocycles. The van der Waals surface area contributed by atoms with Gasteiger partial charge in [-0.25, -0.2) is 14.1 Å². The Hall–Kier alpha value is -2.71. The molecule has 4 rings (SSSR count). The van der Waals surface area contributed by atoms with Crippen LogP contribution >= 0.6 is 23.1 Å². The standard InChI is InChI=1S/C18H14FN5S2/c19-14-8-6-13(7-9-14)17-21-15(10-25-17)11-26-18-23-22-16(24(18)20)12-4-2-1-3-5-12/h1-10H,11,20H2. The van der Waals surface area contributed by atoms with Crippen molar-refractivity contribution in [3.05, 3.63) is 71.5 Å². The Kier molecular flexibility index (Phi) is 4.68. The number of thioether (sulfide) groups is 1. The number of rotatable bonds is 5. The van der Waals surface area contributed by atoms with E-state index < -0.39 is 0 Å². The van der Waals surface area contributed by atoms with E-state index in [-0.39, 0.29) is 5.82 Å². The molecule has 8 heteroatoms. The van der Waals surface area contributed by atoms with Gasteiger partial charge in [0, 0.05) is 22.3 Å². The summed E-state index contributed by atoms with van der Waals surface area (Å²) < 4.78 is 14.5. The van der Waals surface area contributed by atoms with E-state index in [0.717, 1.165) is 21.8 Å². The Bertz CT molecular complexity index is 1010. The third kappa shape index (κ3) is 3.47. The zero-order valence-electron chi connectivity index (χ0n) is 13.5. The van der Waals surface area contributed by atoms with Crippen molar-refractivity contribution < 1.29 is 4.39 Å². The van der Waals surface area contributed by atoms with E-state index in [4.69, 9.17) is 5.84 Å². The third-order valence-corrected chi connectivity index (χ3v) is 5.61. The van der Waals surface area contributed by atoms with Gasteiger partial charge in [0.05, 0.1) is 5.69 Å². The summed E-state index contributed by atoms with van der Waals surface area (Å²) >= 11 is 3.00. The van der Waals surface area contributed by atoms with Crippen LogP contribution in [0.25, 0.3) is 22.0 Å². The number of nitrogens with zero attached hydrogens (tertiary/aromatic N) is 4. The fraction of sp³-hybridized carbons (Fsp3) is 0.0556. The van der Waals surface area contributed by atoms with Gasteiger partial charge < -0.3 is 5.84 Å². The topological polar surface area (TPSA) is 69.6 Å². The van der Waals surface area contributed by atoms with Gasteiger partial charge in [0.1, 0.15) is 10.8 Å². The molecule has 26 heavy (non-hydrogen) atoms. The molecule has 0 aliphatic carbocycles. The van der Waals surface area contributed by atoms with Crippen molar-refractivity contribution in [3.63, 3.8) is 0 Å². The van der Waals surface area contributed by atoms with Crippen LogP contribution in [0.5, 0.6) is 0 Å². The predicted octanol–water partition coefficient (Wildman–Crippen LogP) is 4.21. The van der Waals surface area contributed by atoms with Crippen molar-refractivity contribution in [2.24, 2.45) is 0 Å². The summed E-state index contributed by atoms with van der Waals surface area (Å²) in [4.78, 5) is 4.60. The zero-order chi connectivity index (χ0) is 17.9. The van der Waals surface area contributed by atoms with E-state index in [1.807, 2.05) is 35.7 Å². The summed E-state index contributed by atoms with van der Waals surface area (Å²) in [5.74, 6) is 7.13. The Morgan fingerprint density at radius 3 is 2.54 bits per heavy atom. The van der Waals surface area contributed by atoms with Crippen molar-refractivity contribution in [2.75, 3.05) is 5.84 Å². The number of nitrogen functional groups attached to an aromatic ring is 1. The maximum absolute atomic E-state index is 13.0. The van der Waals surface area contributed by atoms with Crippen LogP contribution in [0.4, 0.5) is 4.39 Å². The summed E-state index contributed by atoms with van der Waals surface area (Å²) in [6.45, 7) is 0. The summed E-state index contributed by atoms with van der Waals surface area (Å²) in [6, 6.07) is 16.0. The average molecular weight is 383 g/mol. The van der Waals surface area contributed by atoms with Gasteiger partial charge in [0.25, 0.3) is 0 Å². The molecule has 0 bridgehead atoms. The lowest BCUT2D eigenvalue weighted by Crippen LogP contribution is -2.11. The lowest BCUT2D eigenvalue weighted by molar-refractivity contribution is 0.628. The molecule has 0 unspecified atom stereocenters. The second-order valence-electron chi connectivity index (χ2n) is 5.48. The molecule has 2 aromatic carbocycles. The molecule has 0 aliphatic heterocycles. The number of benzene rings is 2. The number of hydrogen-bond donors (Lipinski definition) is 1. The first-order chi connectivity index (χ1) is 12.7. The van der Waals surface area contributed by atoms with Crippen LogP contribution in [0.1, 0.15) is 5.69 Å². The first-order valence-electron chi connectivity index (χ1n) is 7.80. The normalized spacial score (nSPS) is 11.0. The van der Waals surface area contributed by atoms with Crippen LogP contribution in [0, 0.1) is 5.82 Å². The number of nitrogens with two attached hydrogens (primary N) is 1. The number of halogens is 1. The molecule has 4 aromatic rings. The smallest absolute Gasteiger partial charge is 0.210 e. The van der Waals surface area contributed by atoms with Gasteiger partial charge in [-0.3, -0.25) is 0 Å². The molecule has 0 atom stereocenters. The van der Waals surface area contributed by atoms with E-state index >= 15 is 0 Å². The van der Waals surface area contributed by atoms with Crippen LogP contribution in [0.15, 0.2) is 65.1 Å². The number of hydrogen-bond acceptors (Lipinski definition) is 6. The van der Waals surface area contributed by atoms with Crippen molar-refractivity contribution in [1.29, 1.82) is 0 Å². The van der Waals surface area contributed by atoms with Gasteiger partial charge in [0.15, 0.2) is 5.82 Å². The van der Waals surface area contributed by atoms with Gasteiger partial charge in [-0.1, -0.05) is 42.1 Å². The van der Waals surface area contributed by atoms with E-state index in [1.54, 1.807) is 12.1 Å². The molecule has 0 radical (unpaired) electrons.